The van der Waals surface area contributed by atoms with Crippen LogP contribution in [0, 0.1) is 0 Å². The Morgan fingerprint density at radius 2 is 1.91 bits per heavy atom. The number of amides is 4. The topological polar surface area (TPSA) is 83.6 Å². The summed E-state index contributed by atoms with van der Waals surface area (Å²) in [6.45, 7) is 3.59. The summed E-state index contributed by atoms with van der Waals surface area (Å²) >= 11 is 0. The van der Waals surface area contributed by atoms with Gasteiger partial charge in [-0.2, -0.15) is 0 Å². The van der Waals surface area contributed by atoms with Crippen LogP contribution in [-0.2, 0) is 19.2 Å². The third kappa shape index (κ3) is 2.90. The smallest absolute Gasteiger partial charge is 0.261 e. The first-order valence-corrected chi connectivity index (χ1v) is 7.18. The normalized spacial score (nSPS) is 27.2. The number of allylic oxidation sites excluding steroid dienone is 4. The Morgan fingerprint density at radius 1 is 1.18 bits per heavy atom. The fourth-order valence-corrected chi connectivity index (χ4v) is 2.60. The van der Waals surface area contributed by atoms with Crippen molar-refractivity contribution in [1.29, 1.82) is 0 Å². The average Bonchev–Trinajstić information content (AvgIpc) is 2.48. The number of carbonyl (C=O) groups is 4. The molecule has 0 bridgehead atoms. The van der Waals surface area contributed by atoms with Crippen molar-refractivity contribution in [2.24, 2.45) is 0 Å². The molecular formula is C16H18N2O4. The lowest BCUT2D eigenvalue weighted by Gasteiger charge is -2.35. The van der Waals surface area contributed by atoms with Gasteiger partial charge in [0.2, 0.25) is 17.7 Å². The second-order valence-electron chi connectivity index (χ2n) is 5.13. The number of hydrogen-bond donors (Lipinski definition) is 1. The zero-order chi connectivity index (χ0) is 16.3. The number of imide groups is 2. The van der Waals surface area contributed by atoms with Crippen LogP contribution in [-0.4, -0.2) is 34.6 Å². The molecule has 2 aliphatic heterocycles. The van der Waals surface area contributed by atoms with Crippen LogP contribution in [0.25, 0.3) is 0 Å². The molecule has 1 N–H and O–H groups in total. The third-order valence-corrected chi connectivity index (χ3v) is 3.73. The molecule has 6 heteroatoms. The molecule has 2 fully saturated rings. The maximum atomic E-state index is 12.6. The zero-order valence-corrected chi connectivity index (χ0v) is 12.6. The van der Waals surface area contributed by atoms with E-state index in [9.17, 15) is 19.2 Å². The van der Waals surface area contributed by atoms with Gasteiger partial charge in [-0.15, -0.1) is 0 Å². The molecule has 0 aromatic carbocycles. The van der Waals surface area contributed by atoms with Gasteiger partial charge in [-0.3, -0.25) is 29.4 Å². The van der Waals surface area contributed by atoms with Gasteiger partial charge < -0.3 is 0 Å². The monoisotopic (exact) mass is 302 g/mol. The van der Waals surface area contributed by atoms with Crippen molar-refractivity contribution in [3.63, 3.8) is 0 Å². The number of nitrogens with zero attached hydrogens (tertiary/aromatic N) is 1. The largest absolute Gasteiger partial charge is 0.295 e. The summed E-state index contributed by atoms with van der Waals surface area (Å²) in [5.74, 6) is -1.87. The third-order valence-electron chi connectivity index (χ3n) is 3.73. The minimum atomic E-state index is -0.912. The lowest BCUT2D eigenvalue weighted by atomic mass is 9.92. The average molecular weight is 302 g/mol. The van der Waals surface area contributed by atoms with Crippen LogP contribution in [0.15, 0.2) is 35.5 Å². The lowest BCUT2D eigenvalue weighted by Crippen LogP contribution is -2.58. The molecule has 0 aliphatic carbocycles. The molecule has 0 radical (unpaired) electrons. The van der Waals surface area contributed by atoms with Crippen molar-refractivity contribution in [3.05, 3.63) is 35.5 Å². The molecule has 0 unspecified atom stereocenters. The SMILES string of the molecule is C\C=C/C=C1/C(=O)N([C@@H]2CCC(=O)NC2=O)C(=O)C/C1=C/C. The quantitative estimate of drug-likeness (QED) is 0.609. The molecule has 0 saturated carbocycles. The highest BCUT2D eigenvalue weighted by molar-refractivity contribution is 6.15. The van der Waals surface area contributed by atoms with Gasteiger partial charge in [-0.1, -0.05) is 18.2 Å². The molecule has 2 heterocycles. The number of carbonyl (C=O) groups excluding carboxylic acids is 4. The summed E-state index contributed by atoms with van der Waals surface area (Å²) in [6, 6.07) is -0.912. The van der Waals surface area contributed by atoms with Crippen LogP contribution in [0.1, 0.15) is 33.1 Å². The number of likely N-dealkylation sites (tertiary alicyclic amines) is 1. The molecule has 6 nitrogen and oxygen atoms in total. The van der Waals surface area contributed by atoms with E-state index in [1.54, 1.807) is 31.2 Å². The van der Waals surface area contributed by atoms with Gasteiger partial charge in [-0.05, 0) is 31.9 Å². The summed E-state index contributed by atoms with van der Waals surface area (Å²) in [5, 5.41) is 2.18. The van der Waals surface area contributed by atoms with Crippen LogP contribution in [0.3, 0.4) is 0 Å². The van der Waals surface area contributed by atoms with Crippen LogP contribution in [0.4, 0.5) is 0 Å². The second kappa shape index (κ2) is 6.51. The Kier molecular flexibility index (Phi) is 4.70. The standard InChI is InChI=1S/C16H18N2O4/c1-3-5-6-11-10(4-2)9-14(20)18(16(11)22)12-7-8-13(19)17-15(12)21/h3-6,12H,7-9H2,1-2H3,(H,17,19,21)/b5-3-,10-4-,11-6+/t12-/m1/s1. The zero-order valence-electron chi connectivity index (χ0n) is 12.6. The molecule has 2 saturated heterocycles. The Bertz CT molecular complexity index is 628. The maximum absolute atomic E-state index is 12.6. The van der Waals surface area contributed by atoms with Crippen molar-refractivity contribution in [3.8, 4) is 0 Å². The Hall–Kier alpha value is -2.50. The minimum absolute atomic E-state index is 0.0728. The number of nitrogens with one attached hydrogen (secondary N) is 1. The first kappa shape index (κ1) is 15.9. The van der Waals surface area contributed by atoms with Crippen LogP contribution >= 0.6 is 0 Å². The van der Waals surface area contributed by atoms with E-state index in [4.69, 9.17) is 0 Å². The highest BCUT2D eigenvalue weighted by atomic mass is 16.2. The Labute approximate surface area is 128 Å². The van der Waals surface area contributed by atoms with Gasteiger partial charge in [0.25, 0.3) is 5.91 Å². The molecule has 116 valence electrons. The molecule has 4 amide bonds. The van der Waals surface area contributed by atoms with Gasteiger partial charge in [0.05, 0.1) is 6.42 Å². The van der Waals surface area contributed by atoms with Crippen LogP contribution in [0.2, 0.25) is 0 Å². The van der Waals surface area contributed by atoms with E-state index in [1.165, 1.54) is 0 Å². The molecule has 2 aliphatic rings. The van der Waals surface area contributed by atoms with Crippen molar-refractivity contribution < 1.29 is 19.2 Å². The minimum Gasteiger partial charge on any atom is -0.295 e. The summed E-state index contributed by atoms with van der Waals surface area (Å²) in [5.41, 5.74) is 1.06. The highest BCUT2D eigenvalue weighted by Crippen LogP contribution is 2.28. The Morgan fingerprint density at radius 3 is 2.50 bits per heavy atom. The molecule has 1 atom stereocenters. The fraction of sp³-hybridized carbons (Fsp3) is 0.375. The van der Waals surface area contributed by atoms with Crippen molar-refractivity contribution in [2.75, 3.05) is 0 Å². The Balaban J connectivity index is 2.36. The van der Waals surface area contributed by atoms with Gasteiger partial charge in [0.15, 0.2) is 0 Å². The van der Waals surface area contributed by atoms with Crippen LogP contribution in [0.5, 0.6) is 0 Å². The van der Waals surface area contributed by atoms with E-state index in [1.807, 2.05) is 6.92 Å². The second-order valence-corrected chi connectivity index (χ2v) is 5.13. The van der Waals surface area contributed by atoms with E-state index in [0.717, 1.165) is 4.90 Å². The van der Waals surface area contributed by atoms with E-state index in [2.05, 4.69) is 5.32 Å². The lowest BCUT2D eigenvalue weighted by molar-refractivity contribution is -0.154. The van der Waals surface area contributed by atoms with Crippen LogP contribution < -0.4 is 5.32 Å². The molecule has 0 spiro atoms. The van der Waals surface area contributed by atoms with E-state index in [-0.39, 0.29) is 25.2 Å². The maximum Gasteiger partial charge on any atom is 0.261 e. The predicted octanol–water partition coefficient (Wildman–Crippen LogP) is 0.999. The predicted molar refractivity (Wildman–Crippen MR) is 79.3 cm³/mol. The summed E-state index contributed by atoms with van der Waals surface area (Å²) in [6.07, 6.45) is 7.23. The van der Waals surface area contributed by atoms with Gasteiger partial charge in [0, 0.05) is 12.0 Å². The molecule has 0 aromatic heterocycles. The summed E-state index contributed by atoms with van der Waals surface area (Å²) in [7, 11) is 0. The van der Waals surface area contributed by atoms with Gasteiger partial charge in [0.1, 0.15) is 6.04 Å². The van der Waals surface area contributed by atoms with Gasteiger partial charge >= 0.3 is 0 Å². The highest BCUT2D eigenvalue weighted by Gasteiger charge is 2.42. The van der Waals surface area contributed by atoms with E-state index >= 15 is 0 Å². The van der Waals surface area contributed by atoms with E-state index < -0.39 is 23.8 Å². The number of hydrogen-bond acceptors (Lipinski definition) is 4. The summed E-state index contributed by atoms with van der Waals surface area (Å²) in [4.78, 5) is 49.1. The van der Waals surface area contributed by atoms with Gasteiger partial charge in [-0.25, -0.2) is 0 Å². The number of piperidine rings is 2. The first-order chi connectivity index (χ1) is 10.5. The summed E-state index contributed by atoms with van der Waals surface area (Å²) < 4.78 is 0. The molecular weight excluding hydrogens is 284 g/mol. The van der Waals surface area contributed by atoms with Crippen molar-refractivity contribution >= 4 is 23.6 Å². The van der Waals surface area contributed by atoms with E-state index in [0.29, 0.717) is 11.1 Å². The van der Waals surface area contributed by atoms with Crippen molar-refractivity contribution in [2.45, 2.75) is 39.2 Å². The molecule has 0 aromatic rings. The first-order valence-electron chi connectivity index (χ1n) is 7.18. The van der Waals surface area contributed by atoms with Crippen molar-refractivity contribution in [1.82, 2.24) is 10.2 Å². The fourth-order valence-electron chi connectivity index (χ4n) is 2.60. The number of rotatable bonds is 2. The molecule has 2 rings (SSSR count). The molecule has 22 heavy (non-hydrogen) atoms.